The van der Waals surface area contributed by atoms with Crippen LogP contribution in [0, 0.1) is 0 Å². The Hall–Kier alpha value is -2.21. The van der Waals surface area contributed by atoms with E-state index in [2.05, 4.69) is 5.32 Å². The number of amides is 1. The molecule has 0 saturated heterocycles. The molecule has 1 aliphatic heterocycles. The molecule has 0 unspecified atom stereocenters. The number of carbonyl (C=O) groups excluding carboxylic acids is 2. The molecule has 1 N–H and O–H groups in total. The number of anilines is 1. The summed E-state index contributed by atoms with van der Waals surface area (Å²) in [5.74, 6) is -1.27. The third-order valence-corrected chi connectivity index (χ3v) is 2.53. The fourth-order valence-corrected chi connectivity index (χ4v) is 1.63. The lowest BCUT2D eigenvalue weighted by molar-refractivity contribution is -0.148. The number of halogens is 1. The molecule has 7 heteroatoms. The fraction of sp³-hybridized carbons (Fsp3) is 0.231. The van der Waals surface area contributed by atoms with Crippen molar-refractivity contribution in [2.24, 2.45) is 0 Å². The van der Waals surface area contributed by atoms with E-state index in [-0.39, 0.29) is 12.4 Å². The molecule has 2 rings (SSSR count). The molecule has 20 heavy (non-hydrogen) atoms. The highest BCUT2D eigenvalue weighted by molar-refractivity contribution is 6.30. The highest BCUT2D eigenvalue weighted by Gasteiger charge is 2.17. The van der Waals surface area contributed by atoms with Crippen LogP contribution in [-0.4, -0.2) is 31.7 Å². The van der Waals surface area contributed by atoms with E-state index in [1.807, 2.05) is 0 Å². The van der Waals surface area contributed by atoms with Crippen molar-refractivity contribution < 1.29 is 23.8 Å². The number of benzene rings is 1. The summed E-state index contributed by atoms with van der Waals surface area (Å²) < 4.78 is 14.7. The van der Waals surface area contributed by atoms with E-state index in [0.717, 1.165) is 0 Å². The predicted octanol–water partition coefficient (Wildman–Crippen LogP) is 1.71. The van der Waals surface area contributed by atoms with Crippen molar-refractivity contribution >= 4 is 29.2 Å². The molecule has 0 fully saturated rings. The van der Waals surface area contributed by atoms with Gasteiger partial charge in [-0.2, -0.15) is 0 Å². The number of esters is 1. The first kappa shape index (κ1) is 14.2. The summed E-state index contributed by atoms with van der Waals surface area (Å²) in [5, 5.41) is 3.05. The molecule has 0 bridgehead atoms. The van der Waals surface area contributed by atoms with Crippen LogP contribution in [0.1, 0.15) is 0 Å². The Morgan fingerprint density at radius 1 is 1.35 bits per heavy atom. The summed E-state index contributed by atoms with van der Waals surface area (Å²) in [4.78, 5) is 23.1. The van der Waals surface area contributed by atoms with E-state index in [1.54, 1.807) is 24.3 Å². The van der Waals surface area contributed by atoms with Crippen molar-refractivity contribution in [3.05, 3.63) is 41.3 Å². The maximum absolute atomic E-state index is 11.6. The minimum Gasteiger partial charge on any atom is -0.493 e. The first-order valence-corrected chi connectivity index (χ1v) is 6.20. The van der Waals surface area contributed by atoms with Gasteiger partial charge in [0.15, 0.2) is 6.61 Å². The Morgan fingerprint density at radius 3 is 2.90 bits per heavy atom. The van der Waals surface area contributed by atoms with E-state index in [0.29, 0.717) is 17.3 Å². The monoisotopic (exact) mass is 297 g/mol. The van der Waals surface area contributed by atoms with Crippen LogP contribution in [0.25, 0.3) is 0 Å². The molecular weight excluding hydrogens is 286 g/mol. The van der Waals surface area contributed by atoms with Gasteiger partial charge >= 0.3 is 5.97 Å². The van der Waals surface area contributed by atoms with Gasteiger partial charge in [-0.1, -0.05) is 17.7 Å². The normalized spacial score (nSPS) is 13.6. The molecule has 1 aromatic rings. The molecule has 6 nitrogen and oxygen atoms in total. The van der Waals surface area contributed by atoms with Crippen LogP contribution in [0.5, 0.6) is 0 Å². The van der Waals surface area contributed by atoms with E-state index in [4.69, 9.17) is 25.8 Å². The van der Waals surface area contributed by atoms with Gasteiger partial charge in [0, 0.05) is 10.7 Å². The highest BCUT2D eigenvalue weighted by atomic mass is 35.5. The van der Waals surface area contributed by atoms with E-state index in [9.17, 15) is 9.59 Å². The number of rotatable bonds is 4. The first-order chi connectivity index (χ1) is 9.65. The van der Waals surface area contributed by atoms with E-state index < -0.39 is 18.5 Å². The molecule has 1 aromatic carbocycles. The molecule has 106 valence electrons. The lowest BCUT2D eigenvalue weighted by Gasteiger charge is -2.14. The van der Waals surface area contributed by atoms with E-state index >= 15 is 0 Å². The molecule has 0 spiro atoms. The Kier molecular flexibility index (Phi) is 4.84. The number of hydrogen-bond acceptors (Lipinski definition) is 5. The lowest BCUT2D eigenvalue weighted by Crippen LogP contribution is -2.23. The van der Waals surface area contributed by atoms with Gasteiger partial charge in [-0.3, -0.25) is 4.79 Å². The molecule has 0 atom stereocenters. The van der Waals surface area contributed by atoms with Crippen molar-refractivity contribution in [3.8, 4) is 0 Å². The van der Waals surface area contributed by atoms with Crippen LogP contribution in [-0.2, 0) is 23.8 Å². The van der Waals surface area contributed by atoms with Crippen molar-refractivity contribution in [2.75, 3.05) is 25.1 Å². The smallest absolute Gasteiger partial charge is 0.377 e. The Bertz CT molecular complexity index is 543. The SMILES string of the molecule is O=C(COC(=O)C1=COCCO1)Nc1cccc(Cl)c1. The van der Waals surface area contributed by atoms with Gasteiger partial charge in [0.1, 0.15) is 19.5 Å². The predicted molar refractivity (Wildman–Crippen MR) is 71.0 cm³/mol. The lowest BCUT2D eigenvalue weighted by atomic mass is 10.3. The molecule has 0 saturated carbocycles. The second-order valence-corrected chi connectivity index (χ2v) is 4.27. The number of carbonyl (C=O) groups is 2. The van der Waals surface area contributed by atoms with Crippen LogP contribution in [0.3, 0.4) is 0 Å². The van der Waals surface area contributed by atoms with Crippen LogP contribution in [0.4, 0.5) is 5.69 Å². The second-order valence-electron chi connectivity index (χ2n) is 3.84. The van der Waals surface area contributed by atoms with Gasteiger partial charge in [0.2, 0.25) is 5.76 Å². The summed E-state index contributed by atoms with van der Waals surface area (Å²) in [6.45, 7) is 0.230. The zero-order valence-electron chi connectivity index (χ0n) is 10.4. The number of hydrogen-bond donors (Lipinski definition) is 1. The summed E-state index contributed by atoms with van der Waals surface area (Å²) in [5.41, 5.74) is 0.523. The average molecular weight is 298 g/mol. The van der Waals surface area contributed by atoms with Crippen LogP contribution < -0.4 is 5.32 Å². The fourth-order valence-electron chi connectivity index (χ4n) is 1.44. The third-order valence-electron chi connectivity index (χ3n) is 2.29. The van der Waals surface area contributed by atoms with Crippen molar-refractivity contribution in [3.63, 3.8) is 0 Å². The Morgan fingerprint density at radius 2 is 2.20 bits per heavy atom. The second kappa shape index (κ2) is 6.81. The Labute approximate surface area is 120 Å². The van der Waals surface area contributed by atoms with Crippen molar-refractivity contribution in [1.29, 1.82) is 0 Å². The molecule has 1 aliphatic rings. The molecular formula is C13H12ClNO5. The zero-order chi connectivity index (χ0) is 14.4. The van der Waals surface area contributed by atoms with Crippen molar-refractivity contribution in [2.45, 2.75) is 0 Å². The maximum atomic E-state index is 11.6. The maximum Gasteiger partial charge on any atom is 0.377 e. The third kappa shape index (κ3) is 4.17. The molecule has 1 heterocycles. The van der Waals surface area contributed by atoms with Crippen molar-refractivity contribution in [1.82, 2.24) is 0 Å². The summed E-state index contributed by atoms with van der Waals surface area (Å²) >= 11 is 5.78. The molecule has 0 radical (unpaired) electrons. The largest absolute Gasteiger partial charge is 0.493 e. The van der Waals surface area contributed by atoms with Gasteiger partial charge in [0.05, 0.1) is 0 Å². The summed E-state index contributed by atoms with van der Waals surface area (Å²) in [7, 11) is 0. The minimum absolute atomic E-state index is 0.0493. The topological polar surface area (TPSA) is 73.9 Å². The highest BCUT2D eigenvalue weighted by Crippen LogP contribution is 2.14. The van der Waals surface area contributed by atoms with Gasteiger partial charge in [-0.25, -0.2) is 4.79 Å². The molecule has 0 aromatic heterocycles. The average Bonchev–Trinajstić information content (AvgIpc) is 2.46. The standard InChI is InChI=1S/C13H12ClNO5/c14-9-2-1-3-10(6-9)15-12(16)8-20-13(17)11-7-18-4-5-19-11/h1-3,6-7H,4-5,8H2,(H,15,16). The quantitative estimate of drug-likeness (QED) is 0.856. The van der Waals surface area contributed by atoms with E-state index in [1.165, 1.54) is 6.26 Å². The minimum atomic E-state index is -0.744. The zero-order valence-corrected chi connectivity index (χ0v) is 11.2. The molecule has 0 aliphatic carbocycles. The Balaban J connectivity index is 1.80. The van der Waals surface area contributed by atoms with Crippen LogP contribution in [0.2, 0.25) is 5.02 Å². The van der Waals surface area contributed by atoms with Gasteiger partial charge < -0.3 is 19.5 Å². The van der Waals surface area contributed by atoms with Crippen LogP contribution >= 0.6 is 11.6 Å². The van der Waals surface area contributed by atoms with Crippen LogP contribution in [0.15, 0.2) is 36.3 Å². The number of ether oxygens (including phenoxy) is 3. The van der Waals surface area contributed by atoms with Gasteiger partial charge in [-0.15, -0.1) is 0 Å². The summed E-state index contributed by atoms with van der Waals surface area (Å²) in [6, 6.07) is 6.64. The summed E-state index contributed by atoms with van der Waals surface area (Å²) in [6.07, 6.45) is 1.17. The number of nitrogens with one attached hydrogen (secondary N) is 1. The van der Waals surface area contributed by atoms with Gasteiger partial charge in [0.25, 0.3) is 5.91 Å². The van der Waals surface area contributed by atoms with Gasteiger partial charge in [-0.05, 0) is 18.2 Å². The molecule has 1 amide bonds. The first-order valence-electron chi connectivity index (χ1n) is 5.82.